The lowest BCUT2D eigenvalue weighted by molar-refractivity contribution is -0.118. The summed E-state index contributed by atoms with van der Waals surface area (Å²) in [6.07, 6.45) is 0.724. The molecule has 1 aromatic heterocycles. The van der Waals surface area contributed by atoms with Gasteiger partial charge in [0, 0.05) is 26.4 Å². The highest BCUT2D eigenvalue weighted by Gasteiger charge is 2.10. The maximum atomic E-state index is 10.9. The first-order valence-corrected chi connectivity index (χ1v) is 6.41. The van der Waals surface area contributed by atoms with E-state index < -0.39 is 0 Å². The molecule has 4 nitrogen and oxygen atoms in total. The van der Waals surface area contributed by atoms with E-state index in [0.717, 1.165) is 35.4 Å². The van der Waals surface area contributed by atoms with Gasteiger partial charge in [-0.25, -0.2) is 4.98 Å². The number of nitrogens with zero attached hydrogens (tertiary/aromatic N) is 2. The Morgan fingerprint density at radius 2 is 2.11 bits per heavy atom. The summed E-state index contributed by atoms with van der Waals surface area (Å²) in [6.45, 7) is 8.86. The van der Waals surface area contributed by atoms with E-state index in [9.17, 15) is 4.79 Å². The molecule has 1 aromatic carbocycles. The number of aromatic nitrogens is 2. The van der Waals surface area contributed by atoms with Crippen LogP contribution < -0.4 is 5.32 Å². The predicted octanol–water partition coefficient (Wildman–Crippen LogP) is 2.29. The molecule has 0 fully saturated rings. The lowest BCUT2D eigenvalue weighted by Crippen LogP contribution is -2.23. The Balaban J connectivity index is 2.29. The van der Waals surface area contributed by atoms with Crippen LogP contribution in [0.3, 0.4) is 0 Å². The Morgan fingerprint density at radius 3 is 2.79 bits per heavy atom. The van der Waals surface area contributed by atoms with E-state index in [2.05, 4.69) is 27.5 Å². The van der Waals surface area contributed by atoms with Crippen LogP contribution in [0.15, 0.2) is 36.4 Å². The van der Waals surface area contributed by atoms with Crippen molar-refractivity contribution in [2.24, 2.45) is 0 Å². The topological polar surface area (TPSA) is 46.9 Å². The zero-order chi connectivity index (χ0) is 13.8. The Hall–Kier alpha value is -2.10. The summed E-state index contributed by atoms with van der Waals surface area (Å²) in [5.41, 5.74) is 3.19. The molecule has 1 amide bonds. The fourth-order valence-electron chi connectivity index (χ4n) is 2.11. The molecule has 0 radical (unpaired) electrons. The third-order valence-corrected chi connectivity index (χ3v) is 2.88. The molecule has 2 rings (SSSR count). The lowest BCUT2D eigenvalue weighted by atomic mass is 10.3. The van der Waals surface area contributed by atoms with Gasteiger partial charge in [-0.3, -0.25) is 4.79 Å². The second-order valence-corrected chi connectivity index (χ2v) is 4.79. The van der Waals surface area contributed by atoms with Crippen LogP contribution >= 0.6 is 0 Å². The second kappa shape index (κ2) is 5.69. The van der Waals surface area contributed by atoms with Crippen LogP contribution in [-0.2, 0) is 17.8 Å². The lowest BCUT2D eigenvalue weighted by Gasteiger charge is -2.09. The highest BCUT2D eigenvalue weighted by atomic mass is 16.1. The Bertz CT molecular complexity index is 613. The predicted molar refractivity (Wildman–Crippen MR) is 76.9 cm³/mol. The molecule has 100 valence electrons. The Labute approximate surface area is 113 Å². The normalized spacial score (nSPS) is 10.6. The van der Waals surface area contributed by atoms with Crippen molar-refractivity contribution >= 4 is 16.9 Å². The minimum absolute atomic E-state index is 0.0115. The van der Waals surface area contributed by atoms with Gasteiger partial charge in [0.05, 0.1) is 11.0 Å². The summed E-state index contributed by atoms with van der Waals surface area (Å²) >= 11 is 0. The van der Waals surface area contributed by atoms with E-state index in [4.69, 9.17) is 0 Å². The van der Waals surface area contributed by atoms with Crippen molar-refractivity contribution in [3.8, 4) is 0 Å². The van der Waals surface area contributed by atoms with Gasteiger partial charge in [0.25, 0.3) is 0 Å². The van der Waals surface area contributed by atoms with Gasteiger partial charge in [0.2, 0.25) is 5.91 Å². The van der Waals surface area contributed by atoms with Gasteiger partial charge in [-0.15, -0.1) is 0 Å². The number of allylic oxidation sites excluding steroid dienone is 1. The number of nitrogens with one attached hydrogen (secondary N) is 1. The molecule has 0 aliphatic carbocycles. The monoisotopic (exact) mass is 257 g/mol. The maximum Gasteiger partial charge on any atom is 0.216 e. The van der Waals surface area contributed by atoms with Gasteiger partial charge in [-0.05, 0) is 19.1 Å². The van der Waals surface area contributed by atoms with Gasteiger partial charge in [-0.1, -0.05) is 24.3 Å². The van der Waals surface area contributed by atoms with E-state index in [1.807, 2.05) is 25.1 Å². The Kier molecular flexibility index (Phi) is 4.00. The minimum Gasteiger partial charge on any atom is -0.356 e. The number of hydrogen-bond acceptors (Lipinski definition) is 2. The molecule has 0 saturated heterocycles. The van der Waals surface area contributed by atoms with Crippen LogP contribution in [0.2, 0.25) is 0 Å². The van der Waals surface area contributed by atoms with Crippen LogP contribution in [0.4, 0.5) is 0 Å². The molecule has 4 heteroatoms. The summed E-state index contributed by atoms with van der Waals surface area (Å²) in [6, 6.07) is 8.06. The molecule has 0 bridgehead atoms. The average Bonchev–Trinajstić information content (AvgIpc) is 2.67. The first kappa shape index (κ1) is 13.3. The summed E-state index contributed by atoms with van der Waals surface area (Å²) in [7, 11) is 0. The first-order chi connectivity index (χ1) is 9.08. The Morgan fingerprint density at radius 1 is 1.37 bits per heavy atom. The fraction of sp³-hybridized carbons (Fsp3) is 0.333. The summed E-state index contributed by atoms with van der Waals surface area (Å²) in [5.74, 6) is 0.973. The van der Waals surface area contributed by atoms with Crippen molar-refractivity contribution in [1.29, 1.82) is 0 Å². The third-order valence-electron chi connectivity index (χ3n) is 2.88. The molecule has 19 heavy (non-hydrogen) atoms. The zero-order valence-corrected chi connectivity index (χ0v) is 11.4. The van der Waals surface area contributed by atoms with Gasteiger partial charge in [0.15, 0.2) is 0 Å². The minimum atomic E-state index is -0.0115. The maximum absolute atomic E-state index is 10.9. The van der Waals surface area contributed by atoms with Crippen LogP contribution in [0.25, 0.3) is 11.0 Å². The fourth-order valence-corrected chi connectivity index (χ4v) is 2.11. The third kappa shape index (κ3) is 3.22. The van der Waals surface area contributed by atoms with Crippen molar-refractivity contribution in [2.75, 3.05) is 6.54 Å². The van der Waals surface area contributed by atoms with E-state index in [1.165, 1.54) is 6.92 Å². The summed E-state index contributed by atoms with van der Waals surface area (Å²) in [5, 5.41) is 2.80. The van der Waals surface area contributed by atoms with E-state index in [1.54, 1.807) is 0 Å². The van der Waals surface area contributed by atoms with Crippen LogP contribution in [0.5, 0.6) is 0 Å². The van der Waals surface area contributed by atoms with E-state index in [-0.39, 0.29) is 5.91 Å². The standard InChI is InChI=1S/C15H19N3O/c1-11(2)10-18-14-7-5-4-6-13(14)17-15(18)8-9-16-12(3)19/h4-7H,1,8-10H2,2-3H3,(H,16,19). The molecule has 0 unspecified atom stereocenters. The molecule has 0 atom stereocenters. The van der Waals surface area contributed by atoms with Crippen LogP contribution in [-0.4, -0.2) is 22.0 Å². The number of carbonyl (C=O) groups excluding carboxylic acids is 1. The van der Waals surface area contributed by atoms with Crippen LogP contribution in [0.1, 0.15) is 19.7 Å². The van der Waals surface area contributed by atoms with E-state index in [0.29, 0.717) is 6.54 Å². The number of para-hydroxylation sites is 2. The highest BCUT2D eigenvalue weighted by molar-refractivity contribution is 5.76. The number of carbonyl (C=O) groups is 1. The number of benzene rings is 1. The van der Waals surface area contributed by atoms with Crippen LogP contribution in [0, 0.1) is 0 Å². The molecule has 0 aliphatic heterocycles. The van der Waals surface area contributed by atoms with Gasteiger partial charge in [0.1, 0.15) is 5.82 Å². The first-order valence-electron chi connectivity index (χ1n) is 6.41. The number of fused-ring (bicyclic) bond motifs is 1. The smallest absolute Gasteiger partial charge is 0.216 e. The van der Waals surface area contributed by atoms with E-state index >= 15 is 0 Å². The SMILES string of the molecule is C=C(C)Cn1c(CCNC(C)=O)nc2ccccc21. The largest absolute Gasteiger partial charge is 0.356 e. The molecule has 1 heterocycles. The highest BCUT2D eigenvalue weighted by Crippen LogP contribution is 2.17. The molecule has 0 saturated carbocycles. The quantitative estimate of drug-likeness (QED) is 0.835. The molecular formula is C15H19N3O. The second-order valence-electron chi connectivity index (χ2n) is 4.79. The number of hydrogen-bond donors (Lipinski definition) is 1. The average molecular weight is 257 g/mol. The van der Waals surface area contributed by atoms with Crippen molar-refractivity contribution in [3.05, 3.63) is 42.2 Å². The molecule has 1 N–H and O–H groups in total. The van der Waals surface area contributed by atoms with Crippen molar-refractivity contribution in [3.63, 3.8) is 0 Å². The molecular weight excluding hydrogens is 238 g/mol. The summed E-state index contributed by atoms with van der Waals surface area (Å²) in [4.78, 5) is 15.5. The van der Waals surface area contributed by atoms with Crippen molar-refractivity contribution < 1.29 is 4.79 Å². The molecule has 0 aliphatic rings. The molecule has 0 spiro atoms. The van der Waals surface area contributed by atoms with Crippen molar-refractivity contribution in [1.82, 2.24) is 14.9 Å². The summed E-state index contributed by atoms with van der Waals surface area (Å²) < 4.78 is 2.17. The molecule has 2 aromatic rings. The van der Waals surface area contributed by atoms with Crippen molar-refractivity contribution in [2.45, 2.75) is 26.8 Å². The number of imidazole rings is 1. The number of rotatable bonds is 5. The van der Waals surface area contributed by atoms with Gasteiger partial charge < -0.3 is 9.88 Å². The van der Waals surface area contributed by atoms with Gasteiger partial charge >= 0.3 is 0 Å². The zero-order valence-electron chi connectivity index (χ0n) is 11.4. The number of amides is 1. The van der Waals surface area contributed by atoms with Gasteiger partial charge in [-0.2, -0.15) is 0 Å².